The first-order chi connectivity index (χ1) is 14.5. The number of carbonyl (C=O) groups is 1. The number of primary sulfonamides is 1. The predicted octanol–water partition coefficient (Wildman–Crippen LogP) is 2.29. The molecule has 8 heteroatoms. The summed E-state index contributed by atoms with van der Waals surface area (Å²) >= 11 is 0. The molecule has 3 rings (SSSR count). The number of hydrogen-bond acceptors (Lipinski definition) is 5. The molecule has 31 heavy (non-hydrogen) atoms. The molecule has 164 valence electrons. The first kappa shape index (κ1) is 22.7. The van der Waals surface area contributed by atoms with Crippen molar-refractivity contribution >= 4 is 15.8 Å². The van der Waals surface area contributed by atoms with Crippen LogP contribution in [0.3, 0.4) is 0 Å². The van der Waals surface area contributed by atoms with Gasteiger partial charge in [0, 0.05) is 24.7 Å². The van der Waals surface area contributed by atoms with Crippen molar-refractivity contribution in [1.29, 1.82) is 0 Å². The van der Waals surface area contributed by atoms with Gasteiger partial charge in [-0.3, -0.25) is 4.79 Å². The number of sulfonamides is 1. The quantitative estimate of drug-likeness (QED) is 0.520. The van der Waals surface area contributed by atoms with Crippen molar-refractivity contribution in [3.63, 3.8) is 0 Å². The average Bonchev–Trinajstić information content (AvgIpc) is 2.99. The highest BCUT2D eigenvalue weighted by molar-refractivity contribution is 7.89. The van der Waals surface area contributed by atoms with Gasteiger partial charge in [0.2, 0.25) is 15.8 Å². The molecule has 1 aromatic heterocycles. The van der Waals surface area contributed by atoms with Crippen LogP contribution in [0, 0.1) is 6.92 Å². The first-order valence-corrected chi connectivity index (χ1v) is 11.4. The summed E-state index contributed by atoms with van der Waals surface area (Å²) in [5.74, 6) is -0.170. The van der Waals surface area contributed by atoms with Crippen LogP contribution in [0.2, 0.25) is 0 Å². The van der Waals surface area contributed by atoms with Crippen molar-refractivity contribution in [1.82, 2.24) is 4.57 Å². The fraction of sp³-hybridized carbons (Fsp3) is 0.261. The Kier molecular flexibility index (Phi) is 6.35. The Morgan fingerprint density at radius 1 is 1.13 bits per heavy atom. The van der Waals surface area contributed by atoms with E-state index in [4.69, 9.17) is 9.88 Å². The van der Waals surface area contributed by atoms with Gasteiger partial charge < -0.3 is 14.4 Å². The molecule has 0 amide bonds. The SMILES string of the molecule is COc1ccc(C(=O)c2c(C)cc(CC(O)(CS(N)(=O)=O)c3ccccc3)n2C)cc1. The standard InChI is InChI=1S/C23H26N2O5S/c1-16-13-19(14-23(27,15-31(24,28)29)18-7-5-4-6-8-18)25(2)21(16)22(26)17-9-11-20(30-3)12-10-17/h4-13,27H,14-15H2,1-3H3,(H2,24,28,29). The Morgan fingerprint density at radius 3 is 2.29 bits per heavy atom. The molecule has 0 aliphatic heterocycles. The highest BCUT2D eigenvalue weighted by Gasteiger charge is 2.35. The van der Waals surface area contributed by atoms with E-state index in [1.807, 2.05) is 6.92 Å². The molecule has 1 heterocycles. The van der Waals surface area contributed by atoms with Crippen LogP contribution in [0.4, 0.5) is 0 Å². The molecular formula is C23H26N2O5S. The molecule has 0 aliphatic carbocycles. The lowest BCUT2D eigenvalue weighted by molar-refractivity contribution is 0.0592. The van der Waals surface area contributed by atoms with Crippen LogP contribution in [-0.4, -0.2) is 36.7 Å². The van der Waals surface area contributed by atoms with Gasteiger partial charge in [0.25, 0.3) is 0 Å². The Labute approximate surface area is 182 Å². The third kappa shape index (κ3) is 5.04. The van der Waals surface area contributed by atoms with Gasteiger partial charge in [-0.2, -0.15) is 0 Å². The monoisotopic (exact) mass is 442 g/mol. The van der Waals surface area contributed by atoms with Gasteiger partial charge in [-0.1, -0.05) is 30.3 Å². The van der Waals surface area contributed by atoms with E-state index in [1.165, 1.54) is 0 Å². The van der Waals surface area contributed by atoms with E-state index in [-0.39, 0.29) is 12.2 Å². The minimum absolute atomic E-state index is 0.0271. The van der Waals surface area contributed by atoms with E-state index in [1.54, 1.807) is 79.4 Å². The van der Waals surface area contributed by atoms with Crippen LogP contribution in [-0.2, 0) is 29.1 Å². The summed E-state index contributed by atoms with van der Waals surface area (Å²) in [6.07, 6.45) is -0.0271. The highest BCUT2D eigenvalue weighted by atomic mass is 32.2. The molecule has 3 aromatic rings. The van der Waals surface area contributed by atoms with Crippen LogP contribution >= 0.6 is 0 Å². The fourth-order valence-corrected chi connectivity index (χ4v) is 4.76. The van der Waals surface area contributed by atoms with Gasteiger partial charge in [-0.15, -0.1) is 0 Å². The number of ether oxygens (including phenoxy) is 1. The number of carbonyl (C=O) groups excluding carboxylic acids is 1. The molecule has 2 aromatic carbocycles. The topological polar surface area (TPSA) is 112 Å². The largest absolute Gasteiger partial charge is 0.497 e. The average molecular weight is 443 g/mol. The van der Waals surface area contributed by atoms with Crippen molar-refractivity contribution in [3.05, 3.63) is 88.7 Å². The number of ketones is 1. The molecule has 1 unspecified atom stereocenters. The van der Waals surface area contributed by atoms with Crippen molar-refractivity contribution in [2.24, 2.45) is 12.2 Å². The van der Waals surface area contributed by atoms with Gasteiger partial charge in [-0.25, -0.2) is 13.6 Å². The molecule has 7 nitrogen and oxygen atoms in total. The third-order valence-electron chi connectivity index (χ3n) is 5.31. The van der Waals surface area contributed by atoms with E-state index in [0.29, 0.717) is 28.3 Å². The normalized spacial score (nSPS) is 13.6. The van der Waals surface area contributed by atoms with E-state index >= 15 is 0 Å². The second kappa shape index (κ2) is 8.66. The lowest BCUT2D eigenvalue weighted by atomic mass is 9.91. The van der Waals surface area contributed by atoms with Crippen molar-refractivity contribution in [2.75, 3.05) is 12.9 Å². The maximum absolute atomic E-state index is 13.1. The van der Waals surface area contributed by atoms with E-state index in [0.717, 1.165) is 5.56 Å². The van der Waals surface area contributed by atoms with E-state index in [9.17, 15) is 18.3 Å². The zero-order valence-corrected chi connectivity index (χ0v) is 18.5. The van der Waals surface area contributed by atoms with Gasteiger partial charge in [-0.05, 0) is 48.4 Å². The Bertz CT molecular complexity index is 1180. The first-order valence-electron chi connectivity index (χ1n) is 9.66. The van der Waals surface area contributed by atoms with Crippen molar-refractivity contribution < 1.29 is 23.1 Å². The van der Waals surface area contributed by atoms with E-state index < -0.39 is 21.4 Å². The molecule has 3 N–H and O–H groups in total. The highest BCUT2D eigenvalue weighted by Crippen LogP contribution is 2.29. The second-order valence-electron chi connectivity index (χ2n) is 7.67. The Balaban J connectivity index is 2.00. The van der Waals surface area contributed by atoms with Crippen LogP contribution in [0.15, 0.2) is 60.7 Å². The summed E-state index contributed by atoms with van der Waals surface area (Å²) in [5.41, 5.74) is 0.999. The van der Waals surface area contributed by atoms with Crippen LogP contribution in [0.1, 0.15) is 32.9 Å². The summed E-state index contributed by atoms with van der Waals surface area (Å²) < 4.78 is 30.6. The van der Waals surface area contributed by atoms with Gasteiger partial charge in [0.05, 0.1) is 18.6 Å². The van der Waals surface area contributed by atoms with Gasteiger partial charge in [0.15, 0.2) is 0 Å². The predicted molar refractivity (Wildman–Crippen MR) is 119 cm³/mol. The zero-order valence-electron chi connectivity index (χ0n) is 17.7. The summed E-state index contributed by atoms with van der Waals surface area (Å²) in [6.45, 7) is 1.81. The van der Waals surface area contributed by atoms with Crippen LogP contribution in [0.5, 0.6) is 5.75 Å². The number of hydrogen-bond donors (Lipinski definition) is 2. The number of rotatable bonds is 8. The summed E-state index contributed by atoms with van der Waals surface area (Å²) in [4.78, 5) is 13.1. The summed E-state index contributed by atoms with van der Waals surface area (Å²) in [6, 6.07) is 17.1. The van der Waals surface area contributed by atoms with Gasteiger partial charge in [0.1, 0.15) is 11.4 Å². The number of aromatic nitrogens is 1. The summed E-state index contributed by atoms with van der Waals surface area (Å²) in [5, 5.41) is 16.6. The summed E-state index contributed by atoms with van der Waals surface area (Å²) in [7, 11) is -0.691. The number of methoxy groups -OCH3 is 1. The number of nitrogens with zero attached hydrogens (tertiary/aromatic N) is 1. The number of aryl methyl sites for hydroxylation is 1. The van der Waals surface area contributed by atoms with Gasteiger partial charge >= 0.3 is 0 Å². The second-order valence-corrected chi connectivity index (χ2v) is 9.28. The number of aliphatic hydroxyl groups is 1. The third-order valence-corrected chi connectivity index (χ3v) is 6.19. The zero-order chi connectivity index (χ0) is 22.8. The smallest absolute Gasteiger partial charge is 0.212 e. The molecular weight excluding hydrogens is 416 g/mol. The Morgan fingerprint density at radius 2 is 1.74 bits per heavy atom. The Hall–Kier alpha value is -2.94. The lowest BCUT2D eigenvalue weighted by Gasteiger charge is -2.28. The number of nitrogens with two attached hydrogens (primary N) is 1. The van der Waals surface area contributed by atoms with E-state index in [2.05, 4.69) is 0 Å². The molecule has 0 aliphatic rings. The maximum atomic E-state index is 13.1. The molecule has 0 saturated carbocycles. The fourth-order valence-electron chi connectivity index (χ4n) is 3.82. The minimum Gasteiger partial charge on any atom is -0.497 e. The molecule has 0 radical (unpaired) electrons. The molecule has 0 fully saturated rings. The van der Waals surface area contributed by atoms with Crippen molar-refractivity contribution in [2.45, 2.75) is 18.9 Å². The minimum atomic E-state index is -3.97. The molecule has 0 saturated heterocycles. The maximum Gasteiger partial charge on any atom is 0.212 e. The molecule has 1 atom stereocenters. The van der Waals surface area contributed by atoms with Crippen LogP contribution in [0.25, 0.3) is 0 Å². The van der Waals surface area contributed by atoms with Crippen LogP contribution < -0.4 is 9.88 Å². The van der Waals surface area contributed by atoms with Crippen molar-refractivity contribution in [3.8, 4) is 5.75 Å². The molecule has 0 spiro atoms. The number of benzene rings is 2. The molecule has 0 bridgehead atoms. The lowest BCUT2D eigenvalue weighted by Crippen LogP contribution is -2.39.